The summed E-state index contributed by atoms with van der Waals surface area (Å²) >= 11 is 0. The third-order valence-electron chi connectivity index (χ3n) is 3.29. The summed E-state index contributed by atoms with van der Waals surface area (Å²) in [4.78, 5) is 0. The highest BCUT2D eigenvalue weighted by Gasteiger charge is 2.46. The minimum absolute atomic E-state index is 0.00296. The van der Waals surface area contributed by atoms with Crippen molar-refractivity contribution in [2.75, 3.05) is 0 Å². The third-order valence-corrected chi connectivity index (χ3v) is 3.29. The van der Waals surface area contributed by atoms with E-state index in [2.05, 4.69) is 5.32 Å². The van der Waals surface area contributed by atoms with E-state index in [0.29, 0.717) is 12.3 Å². The summed E-state index contributed by atoms with van der Waals surface area (Å²) in [5.74, 6) is -0.742. The molecular weight excluding hydrogens is 207 g/mol. The van der Waals surface area contributed by atoms with Crippen molar-refractivity contribution in [1.82, 2.24) is 5.32 Å². The number of nitrogens with one attached hydrogen (secondary N) is 1. The maximum Gasteiger partial charge on any atom is 0.392 e. The van der Waals surface area contributed by atoms with Crippen molar-refractivity contribution in [2.45, 2.75) is 31.6 Å². The van der Waals surface area contributed by atoms with E-state index < -0.39 is 12.1 Å². The van der Waals surface area contributed by atoms with Gasteiger partial charge in [0.1, 0.15) is 5.76 Å². The van der Waals surface area contributed by atoms with Crippen molar-refractivity contribution in [3.63, 3.8) is 0 Å². The Morgan fingerprint density at radius 2 is 2.20 bits per heavy atom. The van der Waals surface area contributed by atoms with Gasteiger partial charge in [0.05, 0.1) is 12.2 Å². The number of hydrogen-bond donors (Lipinski definition) is 1. The average molecular weight is 217 g/mol. The zero-order valence-corrected chi connectivity index (χ0v) is 7.90. The lowest BCUT2D eigenvalue weighted by atomic mass is 9.84. The molecule has 1 aliphatic heterocycles. The first-order valence-electron chi connectivity index (χ1n) is 4.95. The van der Waals surface area contributed by atoms with Crippen LogP contribution in [-0.4, -0.2) is 6.18 Å². The molecule has 2 atom stereocenters. The molecule has 0 aromatic carbocycles. The van der Waals surface area contributed by atoms with Crippen molar-refractivity contribution in [3.8, 4) is 0 Å². The maximum absolute atomic E-state index is 12.6. The average Bonchev–Trinajstić information content (AvgIpc) is 2.72. The van der Waals surface area contributed by atoms with Gasteiger partial charge in [-0.3, -0.25) is 0 Å². The van der Waals surface area contributed by atoms with Crippen LogP contribution in [0.3, 0.4) is 0 Å². The van der Waals surface area contributed by atoms with E-state index in [1.165, 1.54) is 0 Å². The van der Waals surface area contributed by atoms with Crippen LogP contribution in [0.4, 0.5) is 13.2 Å². The highest BCUT2D eigenvalue weighted by Crippen LogP contribution is 2.45. The lowest BCUT2D eigenvalue weighted by molar-refractivity contribution is -0.180. The number of furan rings is 1. The summed E-state index contributed by atoms with van der Waals surface area (Å²) in [7, 11) is 0. The van der Waals surface area contributed by atoms with Gasteiger partial charge in [0.2, 0.25) is 0 Å². The number of alkyl halides is 3. The lowest BCUT2D eigenvalue weighted by Gasteiger charge is -2.27. The highest BCUT2D eigenvalue weighted by atomic mass is 19.4. The number of rotatable bonds is 0. The van der Waals surface area contributed by atoms with Crippen molar-refractivity contribution in [3.05, 3.63) is 23.2 Å². The predicted octanol–water partition coefficient (Wildman–Crippen LogP) is 2.55. The first-order chi connectivity index (χ1) is 7.05. The van der Waals surface area contributed by atoms with Gasteiger partial charge in [-0.05, 0) is 6.42 Å². The van der Waals surface area contributed by atoms with Crippen LogP contribution in [-0.2, 0) is 13.0 Å². The highest BCUT2D eigenvalue weighted by molar-refractivity contribution is 5.37. The molecule has 0 spiro atoms. The minimum Gasteiger partial charge on any atom is -0.469 e. The molecule has 1 N–H and O–H groups in total. The third kappa shape index (κ3) is 1.29. The second kappa shape index (κ2) is 2.78. The first-order valence-corrected chi connectivity index (χ1v) is 4.95. The molecule has 1 aromatic heterocycles. The van der Waals surface area contributed by atoms with Gasteiger partial charge in [-0.15, -0.1) is 0 Å². The molecule has 1 aromatic rings. The van der Waals surface area contributed by atoms with Crippen LogP contribution < -0.4 is 5.32 Å². The van der Waals surface area contributed by atoms with Crippen LogP contribution in [0.15, 0.2) is 10.7 Å². The van der Waals surface area contributed by atoms with Crippen LogP contribution in [0.5, 0.6) is 0 Å². The smallest absolute Gasteiger partial charge is 0.392 e. The second-order valence-corrected chi connectivity index (χ2v) is 4.21. The molecule has 0 saturated carbocycles. The quantitative estimate of drug-likeness (QED) is 0.722. The molecule has 15 heavy (non-hydrogen) atoms. The lowest BCUT2D eigenvalue weighted by Crippen LogP contribution is -2.32. The van der Waals surface area contributed by atoms with Crippen LogP contribution in [0, 0.1) is 5.92 Å². The molecule has 0 bridgehead atoms. The van der Waals surface area contributed by atoms with Gasteiger partial charge in [0.25, 0.3) is 0 Å². The van der Waals surface area contributed by atoms with E-state index in [1.807, 2.05) is 0 Å². The van der Waals surface area contributed by atoms with Crippen molar-refractivity contribution in [1.29, 1.82) is 0 Å². The van der Waals surface area contributed by atoms with Crippen molar-refractivity contribution >= 4 is 0 Å². The number of hydrogen-bond acceptors (Lipinski definition) is 2. The van der Waals surface area contributed by atoms with Gasteiger partial charge in [-0.1, -0.05) is 0 Å². The molecule has 0 amide bonds. The van der Waals surface area contributed by atoms with Gasteiger partial charge in [0.15, 0.2) is 0 Å². The van der Waals surface area contributed by atoms with E-state index in [4.69, 9.17) is 4.42 Å². The normalized spacial score (nSPS) is 29.3. The monoisotopic (exact) mass is 217 g/mol. The molecule has 2 nitrogen and oxygen atoms in total. The fraction of sp³-hybridized carbons (Fsp3) is 0.600. The maximum atomic E-state index is 12.6. The Labute approximate surface area is 84.5 Å². The molecule has 0 fully saturated rings. The van der Waals surface area contributed by atoms with Gasteiger partial charge in [-0.2, -0.15) is 13.2 Å². The summed E-state index contributed by atoms with van der Waals surface area (Å²) < 4.78 is 43.0. The summed E-state index contributed by atoms with van der Waals surface area (Å²) in [6.07, 6.45) is -2.40. The molecular formula is C10H10F3NO. The molecule has 1 aliphatic carbocycles. The molecule has 0 radical (unpaired) electrons. The zero-order chi connectivity index (χ0) is 10.6. The van der Waals surface area contributed by atoms with Crippen molar-refractivity contribution < 1.29 is 17.6 Å². The van der Waals surface area contributed by atoms with Gasteiger partial charge in [-0.25, -0.2) is 0 Å². The summed E-state index contributed by atoms with van der Waals surface area (Å²) in [5.41, 5.74) is 2.01. The van der Waals surface area contributed by atoms with Gasteiger partial charge >= 0.3 is 6.18 Å². The van der Waals surface area contributed by atoms with Crippen LogP contribution >= 0.6 is 0 Å². The van der Waals surface area contributed by atoms with Gasteiger partial charge < -0.3 is 9.73 Å². The molecule has 5 heteroatoms. The number of halogens is 3. The van der Waals surface area contributed by atoms with E-state index >= 15 is 0 Å². The topological polar surface area (TPSA) is 25.2 Å². The summed E-state index contributed by atoms with van der Waals surface area (Å²) in [6.45, 7) is 0.633. The van der Waals surface area contributed by atoms with E-state index in [1.54, 1.807) is 6.26 Å². The van der Waals surface area contributed by atoms with Gasteiger partial charge in [0, 0.05) is 30.1 Å². The Hall–Kier alpha value is -0.970. The summed E-state index contributed by atoms with van der Waals surface area (Å²) in [6, 6.07) is -0.158. The predicted molar refractivity (Wildman–Crippen MR) is 46.2 cm³/mol. The Morgan fingerprint density at radius 1 is 1.40 bits per heavy atom. The van der Waals surface area contributed by atoms with Crippen molar-refractivity contribution in [2.24, 2.45) is 5.92 Å². The molecule has 2 aliphatic rings. The van der Waals surface area contributed by atoms with Crippen LogP contribution in [0.2, 0.25) is 0 Å². The first kappa shape index (κ1) is 9.27. The van der Waals surface area contributed by atoms with E-state index in [0.717, 1.165) is 11.1 Å². The van der Waals surface area contributed by atoms with Crippen LogP contribution in [0.25, 0.3) is 0 Å². The minimum atomic E-state index is -4.12. The molecule has 2 unspecified atom stereocenters. The zero-order valence-electron chi connectivity index (χ0n) is 7.90. The fourth-order valence-corrected chi connectivity index (χ4v) is 2.54. The van der Waals surface area contributed by atoms with E-state index in [-0.39, 0.29) is 18.9 Å². The van der Waals surface area contributed by atoms with E-state index in [9.17, 15) is 13.2 Å². The Morgan fingerprint density at radius 3 is 2.93 bits per heavy atom. The fourth-order valence-electron chi connectivity index (χ4n) is 2.54. The standard InChI is InChI=1S/C10H10F3NO/c11-10(12,13)6-1-7-9-5(3-14-7)4-15-8(9)2-6/h4,6-7,14H,1-3H2. The largest absolute Gasteiger partial charge is 0.469 e. The summed E-state index contributed by atoms with van der Waals surface area (Å²) in [5, 5.41) is 3.09. The molecule has 0 saturated heterocycles. The Balaban J connectivity index is 1.97. The molecule has 2 heterocycles. The Kier molecular flexibility index (Phi) is 1.72. The second-order valence-electron chi connectivity index (χ2n) is 4.21. The SMILES string of the molecule is FC(F)(F)C1Cc2occ3c2C(C1)NC3. The molecule has 3 rings (SSSR count). The van der Waals surface area contributed by atoms with Crippen LogP contribution in [0.1, 0.15) is 29.3 Å². The Bertz CT molecular complexity index is 396. The molecule has 82 valence electrons.